The van der Waals surface area contributed by atoms with Crippen LogP contribution in [0.1, 0.15) is 44.6 Å². The van der Waals surface area contributed by atoms with Gasteiger partial charge < -0.3 is 10.2 Å². The highest BCUT2D eigenvalue weighted by Gasteiger charge is 2.33. The molecule has 0 aliphatic heterocycles. The molecule has 0 bridgehead atoms. The zero-order chi connectivity index (χ0) is 27.3. The van der Waals surface area contributed by atoms with Crippen LogP contribution in [0.25, 0.3) is 0 Å². The highest BCUT2D eigenvalue weighted by atomic mass is 35.5. The number of anilines is 1. The van der Waals surface area contributed by atoms with Crippen molar-refractivity contribution in [3.8, 4) is 0 Å². The number of halogens is 4. The van der Waals surface area contributed by atoms with Crippen molar-refractivity contribution in [2.75, 3.05) is 17.1 Å². The summed E-state index contributed by atoms with van der Waals surface area (Å²) in [6.07, 6.45) is 5.17. The van der Waals surface area contributed by atoms with Crippen molar-refractivity contribution >= 4 is 73.9 Å². The molecule has 1 N–H and O–H groups in total. The van der Waals surface area contributed by atoms with E-state index in [0.717, 1.165) is 36.2 Å². The minimum absolute atomic E-state index is 0.00952. The Bertz CT molecular complexity index is 1250. The average Bonchev–Trinajstić information content (AvgIpc) is 3.32. The van der Waals surface area contributed by atoms with Gasteiger partial charge in [0.2, 0.25) is 21.8 Å². The summed E-state index contributed by atoms with van der Waals surface area (Å²) in [6.45, 7) is 1.25. The van der Waals surface area contributed by atoms with Crippen LogP contribution in [0.2, 0.25) is 20.1 Å². The summed E-state index contributed by atoms with van der Waals surface area (Å²) in [5.41, 5.74) is 0.755. The van der Waals surface area contributed by atoms with Crippen molar-refractivity contribution < 1.29 is 18.0 Å². The molecule has 7 nitrogen and oxygen atoms in total. The van der Waals surface area contributed by atoms with Crippen molar-refractivity contribution in [1.82, 2.24) is 10.2 Å². The standard InChI is InChI=1S/C25H29Cl4N3O4S/c1-3-23(25(34)30-18-6-4-5-7-18)31(14-16-8-9-17(26)12-21(16)28)24(33)15-32(37(2,35)36)19-10-11-20(27)22(29)13-19/h8-13,18,23H,3-7,14-15H2,1-2H3,(H,30,34)/t23-/m1/s1. The van der Waals surface area contributed by atoms with Gasteiger partial charge in [-0.3, -0.25) is 13.9 Å². The smallest absolute Gasteiger partial charge is 0.244 e. The molecule has 0 spiro atoms. The Morgan fingerprint density at radius 1 is 1.00 bits per heavy atom. The van der Waals surface area contributed by atoms with E-state index in [0.29, 0.717) is 22.0 Å². The van der Waals surface area contributed by atoms with Crippen LogP contribution >= 0.6 is 46.4 Å². The van der Waals surface area contributed by atoms with Crippen LogP contribution in [0.3, 0.4) is 0 Å². The molecule has 1 fully saturated rings. The zero-order valence-corrected chi connectivity index (χ0v) is 24.4. The first-order valence-electron chi connectivity index (χ1n) is 11.9. The molecular weight excluding hydrogens is 580 g/mol. The average molecular weight is 609 g/mol. The van der Waals surface area contributed by atoms with Gasteiger partial charge in [-0.15, -0.1) is 0 Å². The van der Waals surface area contributed by atoms with Crippen molar-refractivity contribution in [2.24, 2.45) is 0 Å². The van der Waals surface area contributed by atoms with Gasteiger partial charge >= 0.3 is 0 Å². The van der Waals surface area contributed by atoms with E-state index in [1.165, 1.54) is 23.1 Å². The van der Waals surface area contributed by atoms with Gasteiger partial charge in [0.1, 0.15) is 12.6 Å². The molecule has 37 heavy (non-hydrogen) atoms. The molecule has 0 radical (unpaired) electrons. The zero-order valence-electron chi connectivity index (χ0n) is 20.5. The fourth-order valence-electron chi connectivity index (χ4n) is 4.37. The number of rotatable bonds is 10. The van der Waals surface area contributed by atoms with Crippen molar-refractivity contribution in [1.29, 1.82) is 0 Å². The lowest BCUT2D eigenvalue weighted by Crippen LogP contribution is -2.53. The predicted octanol–water partition coefficient (Wildman–Crippen LogP) is 5.93. The Morgan fingerprint density at radius 3 is 2.24 bits per heavy atom. The lowest BCUT2D eigenvalue weighted by molar-refractivity contribution is -0.140. The van der Waals surface area contributed by atoms with Crippen LogP contribution in [0.4, 0.5) is 5.69 Å². The van der Waals surface area contributed by atoms with E-state index in [4.69, 9.17) is 46.4 Å². The van der Waals surface area contributed by atoms with E-state index in [1.54, 1.807) is 25.1 Å². The molecule has 0 heterocycles. The molecule has 3 rings (SSSR count). The number of nitrogens with zero attached hydrogens (tertiary/aromatic N) is 2. The van der Waals surface area contributed by atoms with Gasteiger partial charge in [-0.1, -0.05) is 72.2 Å². The summed E-state index contributed by atoms with van der Waals surface area (Å²) >= 11 is 24.5. The molecule has 0 aromatic heterocycles. The Hall–Kier alpha value is -1.71. The van der Waals surface area contributed by atoms with E-state index in [-0.39, 0.29) is 34.2 Å². The normalized spacial score (nSPS) is 14.9. The van der Waals surface area contributed by atoms with Gasteiger partial charge in [0.15, 0.2) is 0 Å². The van der Waals surface area contributed by atoms with Crippen LogP contribution < -0.4 is 9.62 Å². The van der Waals surface area contributed by atoms with Crippen LogP contribution in [0, 0.1) is 0 Å². The molecular formula is C25H29Cl4N3O4S. The second-order valence-corrected chi connectivity index (χ2v) is 12.6. The third kappa shape index (κ3) is 7.90. The van der Waals surface area contributed by atoms with Gasteiger partial charge in [-0.25, -0.2) is 8.42 Å². The maximum atomic E-state index is 13.8. The SMILES string of the molecule is CC[C@H](C(=O)NC1CCCC1)N(Cc1ccc(Cl)cc1Cl)C(=O)CN(c1ccc(Cl)c(Cl)c1)S(C)(=O)=O. The first-order valence-corrected chi connectivity index (χ1v) is 15.2. The summed E-state index contributed by atoms with van der Waals surface area (Å²) in [5.74, 6) is -0.857. The van der Waals surface area contributed by atoms with Crippen LogP contribution in [0.5, 0.6) is 0 Å². The third-order valence-electron chi connectivity index (χ3n) is 6.31. The molecule has 0 unspecified atom stereocenters. The van der Waals surface area contributed by atoms with Gasteiger partial charge in [-0.05, 0) is 55.2 Å². The number of carbonyl (C=O) groups is 2. The molecule has 1 saturated carbocycles. The summed E-state index contributed by atoms with van der Waals surface area (Å²) in [6, 6.07) is 8.39. The first-order chi connectivity index (χ1) is 17.4. The number of nitrogens with one attached hydrogen (secondary N) is 1. The topological polar surface area (TPSA) is 86.8 Å². The molecule has 2 aromatic carbocycles. The Labute approximate surface area is 238 Å². The van der Waals surface area contributed by atoms with E-state index >= 15 is 0 Å². The van der Waals surface area contributed by atoms with Gasteiger partial charge in [0.05, 0.1) is 22.0 Å². The molecule has 1 aliphatic carbocycles. The van der Waals surface area contributed by atoms with Gasteiger partial charge in [0.25, 0.3) is 0 Å². The number of hydrogen-bond donors (Lipinski definition) is 1. The summed E-state index contributed by atoms with van der Waals surface area (Å²) in [4.78, 5) is 28.4. The number of hydrogen-bond acceptors (Lipinski definition) is 4. The van der Waals surface area contributed by atoms with Crippen molar-refractivity contribution in [2.45, 2.75) is 57.7 Å². The number of sulfonamides is 1. The fourth-order valence-corrected chi connectivity index (χ4v) is 5.98. The first kappa shape index (κ1) is 29.8. The monoisotopic (exact) mass is 607 g/mol. The highest BCUT2D eigenvalue weighted by molar-refractivity contribution is 7.92. The molecule has 12 heteroatoms. The largest absolute Gasteiger partial charge is 0.352 e. The van der Waals surface area contributed by atoms with Crippen molar-refractivity contribution in [3.63, 3.8) is 0 Å². The lowest BCUT2D eigenvalue weighted by Gasteiger charge is -2.33. The van der Waals surface area contributed by atoms with Crippen LogP contribution in [-0.4, -0.2) is 50.0 Å². The summed E-state index contributed by atoms with van der Waals surface area (Å²) < 4.78 is 26.3. The van der Waals surface area contributed by atoms with E-state index in [1.807, 2.05) is 0 Å². The molecule has 1 atom stereocenters. The van der Waals surface area contributed by atoms with E-state index in [2.05, 4.69) is 5.32 Å². The Morgan fingerprint density at radius 2 is 1.68 bits per heavy atom. The van der Waals surface area contributed by atoms with E-state index < -0.39 is 28.5 Å². The molecule has 2 aromatic rings. The maximum Gasteiger partial charge on any atom is 0.244 e. The number of amides is 2. The number of benzene rings is 2. The second-order valence-electron chi connectivity index (χ2n) is 9.04. The quantitative estimate of drug-likeness (QED) is 0.362. The van der Waals surface area contributed by atoms with E-state index in [9.17, 15) is 18.0 Å². The fraction of sp³-hybridized carbons (Fsp3) is 0.440. The summed E-state index contributed by atoms with van der Waals surface area (Å²) in [7, 11) is -3.89. The molecule has 202 valence electrons. The molecule has 2 amide bonds. The second kappa shape index (κ2) is 12.9. The molecule has 1 aliphatic rings. The number of carbonyl (C=O) groups excluding carboxylic acids is 2. The van der Waals surface area contributed by atoms with Crippen molar-refractivity contribution in [3.05, 3.63) is 62.1 Å². The Balaban J connectivity index is 1.96. The van der Waals surface area contributed by atoms with Crippen LogP contribution in [-0.2, 0) is 26.2 Å². The Kier molecular flexibility index (Phi) is 10.4. The minimum Gasteiger partial charge on any atom is -0.352 e. The summed E-state index contributed by atoms with van der Waals surface area (Å²) in [5, 5.41) is 4.21. The minimum atomic E-state index is -3.89. The maximum absolute atomic E-state index is 13.8. The molecule has 0 saturated heterocycles. The predicted molar refractivity (Wildman–Crippen MR) is 150 cm³/mol. The van der Waals surface area contributed by atoms with Gasteiger partial charge in [0, 0.05) is 22.6 Å². The highest BCUT2D eigenvalue weighted by Crippen LogP contribution is 2.29. The van der Waals surface area contributed by atoms with Crippen LogP contribution in [0.15, 0.2) is 36.4 Å². The van der Waals surface area contributed by atoms with Gasteiger partial charge in [-0.2, -0.15) is 0 Å². The third-order valence-corrected chi connectivity index (χ3v) is 8.78. The lowest BCUT2D eigenvalue weighted by atomic mass is 10.1.